The molecule has 2 N–H and O–H groups in total. The molecule has 3 aromatic carbocycles. The Bertz CT molecular complexity index is 1020. The standard InChI is InChI=1S/C23H21FN2O3S/c1-2-29-21-10-6-5-9-20(21)26-22(27)15-30-17-13-11-16(12-14-17)25-23(28)18-7-3-4-8-19(18)24/h3-14H,2,15H2,1H3,(H,25,28)(H,26,27). The fraction of sp³-hybridized carbons (Fsp3) is 0.130. The van der Waals surface area contributed by atoms with Crippen LogP contribution in [0.1, 0.15) is 17.3 Å². The Morgan fingerprint density at radius 3 is 2.37 bits per heavy atom. The summed E-state index contributed by atoms with van der Waals surface area (Å²) in [6, 6.07) is 20.1. The molecule has 0 atom stereocenters. The molecule has 2 amide bonds. The van der Waals surface area contributed by atoms with E-state index in [9.17, 15) is 14.0 Å². The summed E-state index contributed by atoms with van der Waals surface area (Å²) in [7, 11) is 0. The molecule has 154 valence electrons. The van der Waals surface area contributed by atoms with Crippen LogP contribution in [0.4, 0.5) is 15.8 Å². The van der Waals surface area contributed by atoms with Crippen LogP contribution >= 0.6 is 11.8 Å². The second-order valence-corrected chi connectivity index (χ2v) is 7.27. The molecule has 0 heterocycles. The van der Waals surface area contributed by atoms with E-state index in [1.165, 1.54) is 30.0 Å². The number of carbonyl (C=O) groups excluding carboxylic acids is 2. The molecule has 30 heavy (non-hydrogen) atoms. The molecule has 0 aliphatic heterocycles. The van der Waals surface area contributed by atoms with Crippen molar-refractivity contribution in [2.24, 2.45) is 0 Å². The van der Waals surface area contributed by atoms with Crippen LogP contribution in [-0.2, 0) is 4.79 Å². The van der Waals surface area contributed by atoms with Gasteiger partial charge in [0.2, 0.25) is 5.91 Å². The van der Waals surface area contributed by atoms with Crippen LogP contribution in [0, 0.1) is 5.82 Å². The summed E-state index contributed by atoms with van der Waals surface area (Å²) >= 11 is 1.37. The van der Waals surface area contributed by atoms with Crippen LogP contribution in [0.25, 0.3) is 0 Å². The first-order valence-corrected chi connectivity index (χ1v) is 10.4. The van der Waals surface area contributed by atoms with Gasteiger partial charge in [0.05, 0.1) is 23.6 Å². The molecule has 0 radical (unpaired) electrons. The lowest BCUT2D eigenvalue weighted by molar-refractivity contribution is -0.113. The largest absolute Gasteiger partial charge is 0.492 e. The van der Waals surface area contributed by atoms with Crippen molar-refractivity contribution >= 4 is 35.0 Å². The van der Waals surface area contributed by atoms with Gasteiger partial charge in [0.25, 0.3) is 5.91 Å². The first-order chi connectivity index (χ1) is 14.6. The van der Waals surface area contributed by atoms with E-state index in [-0.39, 0.29) is 17.2 Å². The highest BCUT2D eigenvalue weighted by molar-refractivity contribution is 8.00. The highest BCUT2D eigenvalue weighted by Gasteiger charge is 2.11. The zero-order valence-electron chi connectivity index (χ0n) is 16.4. The van der Waals surface area contributed by atoms with E-state index >= 15 is 0 Å². The zero-order chi connectivity index (χ0) is 21.3. The highest BCUT2D eigenvalue weighted by atomic mass is 32.2. The lowest BCUT2D eigenvalue weighted by Crippen LogP contribution is -2.15. The van der Waals surface area contributed by atoms with E-state index in [1.54, 1.807) is 42.5 Å². The lowest BCUT2D eigenvalue weighted by atomic mass is 10.2. The Labute approximate surface area is 178 Å². The average Bonchev–Trinajstić information content (AvgIpc) is 2.75. The van der Waals surface area contributed by atoms with E-state index in [0.717, 1.165) is 4.90 Å². The predicted octanol–water partition coefficient (Wildman–Crippen LogP) is 5.21. The SMILES string of the molecule is CCOc1ccccc1NC(=O)CSc1ccc(NC(=O)c2ccccc2F)cc1. The van der Waals surface area contributed by atoms with Crippen molar-refractivity contribution in [3.05, 3.63) is 84.2 Å². The molecule has 7 heteroatoms. The predicted molar refractivity (Wildman–Crippen MR) is 118 cm³/mol. The molecule has 5 nitrogen and oxygen atoms in total. The number of para-hydroxylation sites is 2. The zero-order valence-corrected chi connectivity index (χ0v) is 17.2. The first kappa shape index (κ1) is 21.4. The van der Waals surface area contributed by atoms with E-state index in [4.69, 9.17) is 4.74 Å². The van der Waals surface area contributed by atoms with Crippen LogP contribution in [0.5, 0.6) is 5.75 Å². The summed E-state index contributed by atoms with van der Waals surface area (Å²) in [6.45, 7) is 2.40. The number of nitrogens with one attached hydrogen (secondary N) is 2. The van der Waals surface area contributed by atoms with Crippen LogP contribution in [0.3, 0.4) is 0 Å². The number of halogens is 1. The maximum Gasteiger partial charge on any atom is 0.258 e. The molecule has 3 rings (SSSR count). The number of amides is 2. The Balaban J connectivity index is 1.53. The van der Waals surface area contributed by atoms with Crippen LogP contribution in [0.2, 0.25) is 0 Å². The minimum absolute atomic E-state index is 0.0139. The molecular formula is C23H21FN2O3S. The van der Waals surface area contributed by atoms with Gasteiger partial charge in [-0.25, -0.2) is 4.39 Å². The maximum atomic E-state index is 13.7. The van der Waals surface area contributed by atoms with E-state index in [1.807, 2.05) is 19.1 Å². The molecule has 3 aromatic rings. The molecule has 0 saturated carbocycles. The summed E-state index contributed by atoms with van der Waals surface area (Å²) in [6.07, 6.45) is 0. The number of carbonyl (C=O) groups is 2. The number of hydrogen-bond donors (Lipinski definition) is 2. The average molecular weight is 424 g/mol. The first-order valence-electron chi connectivity index (χ1n) is 9.37. The Morgan fingerprint density at radius 1 is 0.933 bits per heavy atom. The van der Waals surface area contributed by atoms with Crippen molar-refractivity contribution in [1.82, 2.24) is 0 Å². The molecule has 0 aromatic heterocycles. The second-order valence-electron chi connectivity index (χ2n) is 6.22. The molecule has 0 saturated heterocycles. The van der Waals surface area contributed by atoms with Gasteiger partial charge in [-0.2, -0.15) is 0 Å². The fourth-order valence-corrected chi connectivity index (χ4v) is 3.36. The molecule has 0 spiro atoms. The monoisotopic (exact) mass is 424 g/mol. The molecule has 0 unspecified atom stereocenters. The number of rotatable bonds is 8. The third-order valence-corrected chi connectivity index (χ3v) is 5.07. The van der Waals surface area contributed by atoms with Gasteiger partial charge in [0.15, 0.2) is 0 Å². The van der Waals surface area contributed by atoms with Crippen LogP contribution in [-0.4, -0.2) is 24.2 Å². The topological polar surface area (TPSA) is 67.4 Å². The van der Waals surface area contributed by atoms with Gasteiger partial charge in [0.1, 0.15) is 11.6 Å². The molecule has 0 aliphatic carbocycles. The third kappa shape index (κ3) is 5.84. The normalized spacial score (nSPS) is 10.3. The smallest absolute Gasteiger partial charge is 0.258 e. The number of thioether (sulfide) groups is 1. The third-order valence-electron chi connectivity index (χ3n) is 4.06. The van der Waals surface area contributed by atoms with E-state index in [2.05, 4.69) is 10.6 Å². The number of anilines is 2. The number of hydrogen-bond acceptors (Lipinski definition) is 4. The van der Waals surface area contributed by atoms with Crippen LogP contribution < -0.4 is 15.4 Å². The van der Waals surface area contributed by atoms with Gasteiger partial charge >= 0.3 is 0 Å². The van der Waals surface area contributed by atoms with Gasteiger partial charge in [-0.05, 0) is 55.5 Å². The fourth-order valence-electron chi connectivity index (χ4n) is 2.66. The Hall–Kier alpha value is -3.32. The van der Waals surface area contributed by atoms with Crippen molar-refractivity contribution < 1.29 is 18.7 Å². The summed E-state index contributed by atoms with van der Waals surface area (Å²) in [5.41, 5.74) is 1.17. The van der Waals surface area contributed by atoms with Gasteiger partial charge in [-0.3, -0.25) is 9.59 Å². The van der Waals surface area contributed by atoms with E-state index < -0.39 is 11.7 Å². The number of benzene rings is 3. The molecular weight excluding hydrogens is 403 g/mol. The summed E-state index contributed by atoms with van der Waals surface area (Å²) < 4.78 is 19.2. The van der Waals surface area contributed by atoms with Crippen molar-refractivity contribution in [1.29, 1.82) is 0 Å². The van der Waals surface area contributed by atoms with Crippen molar-refractivity contribution in [2.45, 2.75) is 11.8 Å². The highest BCUT2D eigenvalue weighted by Crippen LogP contribution is 2.25. The summed E-state index contributed by atoms with van der Waals surface area (Å²) in [5.74, 6) is -0.376. The van der Waals surface area contributed by atoms with Gasteiger partial charge < -0.3 is 15.4 Å². The van der Waals surface area contributed by atoms with Crippen molar-refractivity contribution in [3.8, 4) is 5.75 Å². The quantitative estimate of drug-likeness (QED) is 0.487. The molecule has 0 bridgehead atoms. The Morgan fingerprint density at radius 2 is 1.63 bits per heavy atom. The van der Waals surface area contributed by atoms with Crippen molar-refractivity contribution in [2.75, 3.05) is 23.0 Å². The van der Waals surface area contributed by atoms with Gasteiger partial charge in [-0.1, -0.05) is 24.3 Å². The Kier molecular flexibility index (Phi) is 7.45. The minimum atomic E-state index is -0.570. The van der Waals surface area contributed by atoms with E-state index in [0.29, 0.717) is 23.7 Å². The van der Waals surface area contributed by atoms with Crippen molar-refractivity contribution in [3.63, 3.8) is 0 Å². The second kappa shape index (κ2) is 10.5. The lowest BCUT2D eigenvalue weighted by Gasteiger charge is -2.11. The van der Waals surface area contributed by atoms with Gasteiger partial charge in [0, 0.05) is 10.6 Å². The number of ether oxygens (including phenoxy) is 1. The maximum absolute atomic E-state index is 13.7. The summed E-state index contributed by atoms with van der Waals surface area (Å²) in [4.78, 5) is 25.3. The molecule has 0 fully saturated rings. The summed E-state index contributed by atoms with van der Waals surface area (Å²) in [5, 5.41) is 5.51. The van der Waals surface area contributed by atoms with Crippen LogP contribution in [0.15, 0.2) is 77.7 Å². The molecule has 0 aliphatic rings. The van der Waals surface area contributed by atoms with Gasteiger partial charge in [-0.15, -0.1) is 11.8 Å². The minimum Gasteiger partial charge on any atom is -0.492 e.